The zero-order valence-corrected chi connectivity index (χ0v) is 13.7. The molecule has 0 aliphatic heterocycles. The molecule has 4 heteroatoms. The van der Waals surface area contributed by atoms with E-state index in [9.17, 15) is 4.79 Å². The SMILES string of the molecule is CCCCCNCCCN(C(=O)OC(C)(C)C)C1CC1. The largest absolute Gasteiger partial charge is 0.444 e. The fourth-order valence-electron chi connectivity index (χ4n) is 2.13. The highest BCUT2D eigenvalue weighted by Gasteiger charge is 2.34. The maximum Gasteiger partial charge on any atom is 0.410 e. The number of nitrogens with zero attached hydrogens (tertiary/aromatic N) is 1. The van der Waals surface area contributed by atoms with Crippen LogP contribution in [0.4, 0.5) is 4.79 Å². The van der Waals surface area contributed by atoms with Gasteiger partial charge in [-0.3, -0.25) is 0 Å². The van der Waals surface area contributed by atoms with Crippen LogP contribution in [0.2, 0.25) is 0 Å². The molecule has 1 saturated carbocycles. The lowest BCUT2D eigenvalue weighted by Gasteiger charge is -2.27. The number of amides is 1. The number of unbranched alkanes of at least 4 members (excludes halogenated alkanes) is 2. The third kappa shape index (κ3) is 7.73. The van der Waals surface area contributed by atoms with Gasteiger partial charge in [0, 0.05) is 12.6 Å². The normalized spacial score (nSPS) is 15.2. The van der Waals surface area contributed by atoms with Gasteiger partial charge in [-0.2, -0.15) is 0 Å². The molecule has 0 spiro atoms. The van der Waals surface area contributed by atoms with Gasteiger partial charge in [-0.05, 0) is 59.5 Å². The summed E-state index contributed by atoms with van der Waals surface area (Å²) in [6, 6.07) is 0.421. The Balaban J connectivity index is 2.18. The predicted octanol–water partition coefficient (Wildman–Crippen LogP) is 3.56. The van der Waals surface area contributed by atoms with Crippen molar-refractivity contribution < 1.29 is 9.53 Å². The van der Waals surface area contributed by atoms with Crippen molar-refractivity contribution in [2.24, 2.45) is 0 Å². The van der Waals surface area contributed by atoms with Crippen molar-refractivity contribution in [3.05, 3.63) is 0 Å². The van der Waals surface area contributed by atoms with Crippen LogP contribution in [-0.4, -0.2) is 42.3 Å². The van der Waals surface area contributed by atoms with Gasteiger partial charge in [0.05, 0.1) is 0 Å². The Bertz CT molecular complexity index is 283. The summed E-state index contributed by atoms with van der Waals surface area (Å²) in [7, 11) is 0. The summed E-state index contributed by atoms with van der Waals surface area (Å²) in [6.45, 7) is 10.9. The van der Waals surface area contributed by atoms with Crippen molar-refractivity contribution in [3.63, 3.8) is 0 Å². The minimum Gasteiger partial charge on any atom is -0.444 e. The van der Waals surface area contributed by atoms with Crippen LogP contribution in [0.25, 0.3) is 0 Å². The maximum absolute atomic E-state index is 12.1. The van der Waals surface area contributed by atoms with Gasteiger partial charge in [-0.15, -0.1) is 0 Å². The standard InChI is InChI=1S/C16H32N2O2/c1-5-6-7-11-17-12-8-13-18(14-9-10-14)15(19)20-16(2,3)4/h14,17H,5-13H2,1-4H3. The van der Waals surface area contributed by atoms with Crippen molar-refractivity contribution in [2.75, 3.05) is 19.6 Å². The molecule has 118 valence electrons. The zero-order valence-electron chi connectivity index (χ0n) is 13.7. The number of carbonyl (C=O) groups is 1. The highest BCUT2D eigenvalue weighted by Crippen LogP contribution is 2.28. The summed E-state index contributed by atoms with van der Waals surface area (Å²) < 4.78 is 5.48. The summed E-state index contributed by atoms with van der Waals surface area (Å²) in [6.07, 6.45) is 6.91. The van der Waals surface area contributed by atoms with Crippen LogP contribution in [-0.2, 0) is 4.74 Å². The minimum absolute atomic E-state index is 0.147. The van der Waals surface area contributed by atoms with Crippen molar-refractivity contribution in [2.45, 2.75) is 77.9 Å². The number of nitrogens with one attached hydrogen (secondary N) is 1. The summed E-state index contributed by atoms with van der Waals surface area (Å²) >= 11 is 0. The van der Waals surface area contributed by atoms with Gasteiger partial charge >= 0.3 is 6.09 Å². The second kappa shape index (κ2) is 8.50. The molecule has 0 saturated heterocycles. The van der Waals surface area contributed by atoms with Gasteiger partial charge in [-0.25, -0.2) is 4.79 Å². The van der Waals surface area contributed by atoms with Gasteiger partial charge in [-0.1, -0.05) is 19.8 Å². The van der Waals surface area contributed by atoms with Gasteiger partial charge in [0.15, 0.2) is 0 Å². The Morgan fingerprint density at radius 3 is 2.40 bits per heavy atom. The Kier molecular flexibility index (Phi) is 7.35. The highest BCUT2D eigenvalue weighted by atomic mass is 16.6. The molecule has 1 rings (SSSR count). The second-order valence-corrected chi connectivity index (χ2v) is 6.72. The molecule has 0 aromatic carbocycles. The monoisotopic (exact) mass is 284 g/mol. The molecule has 1 amide bonds. The summed E-state index contributed by atoms with van der Waals surface area (Å²) in [5.74, 6) is 0. The Morgan fingerprint density at radius 1 is 1.20 bits per heavy atom. The summed E-state index contributed by atoms with van der Waals surface area (Å²) in [5.41, 5.74) is -0.400. The van der Waals surface area contributed by atoms with Crippen LogP contribution >= 0.6 is 0 Å². The van der Waals surface area contributed by atoms with Gasteiger partial charge in [0.2, 0.25) is 0 Å². The molecule has 0 bridgehead atoms. The first-order valence-corrected chi connectivity index (χ1v) is 8.14. The van der Waals surface area contributed by atoms with Gasteiger partial charge in [0.25, 0.3) is 0 Å². The van der Waals surface area contributed by atoms with Crippen LogP contribution in [0.1, 0.15) is 66.2 Å². The van der Waals surface area contributed by atoms with Crippen LogP contribution in [0.5, 0.6) is 0 Å². The molecule has 1 fully saturated rings. The number of carbonyl (C=O) groups excluding carboxylic acids is 1. The van der Waals surface area contributed by atoms with E-state index in [1.807, 2.05) is 25.7 Å². The third-order valence-electron chi connectivity index (χ3n) is 3.33. The van der Waals surface area contributed by atoms with Crippen molar-refractivity contribution >= 4 is 6.09 Å². The van der Waals surface area contributed by atoms with Crippen LogP contribution < -0.4 is 5.32 Å². The molecule has 1 aliphatic carbocycles. The Morgan fingerprint density at radius 2 is 1.85 bits per heavy atom. The van der Waals surface area contributed by atoms with Gasteiger partial charge < -0.3 is 15.0 Å². The molecule has 0 unspecified atom stereocenters. The predicted molar refractivity (Wildman–Crippen MR) is 83.0 cm³/mol. The quantitative estimate of drug-likeness (QED) is 0.658. The summed E-state index contributed by atoms with van der Waals surface area (Å²) in [5, 5.41) is 3.44. The number of ether oxygens (including phenoxy) is 1. The average Bonchev–Trinajstić information content (AvgIpc) is 3.14. The first kappa shape index (κ1) is 17.3. The van der Waals surface area contributed by atoms with Crippen molar-refractivity contribution in [1.82, 2.24) is 10.2 Å². The average molecular weight is 284 g/mol. The first-order valence-electron chi connectivity index (χ1n) is 8.14. The van der Waals surface area contributed by atoms with Crippen molar-refractivity contribution in [3.8, 4) is 0 Å². The van der Waals surface area contributed by atoms with E-state index in [1.54, 1.807) is 0 Å². The molecular formula is C16H32N2O2. The topological polar surface area (TPSA) is 41.6 Å². The Labute approximate surface area is 124 Å². The smallest absolute Gasteiger partial charge is 0.410 e. The first-order chi connectivity index (χ1) is 9.44. The lowest BCUT2D eigenvalue weighted by Crippen LogP contribution is -2.39. The van der Waals surface area contributed by atoms with E-state index < -0.39 is 5.60 Å². The third-order valence-corrected chi connectivity index (χ3v) is 3.33. The summed E-state index contributed by atoms with van der Waals surface area (Å²) in [4.78, 5) is 14.0. The zero-order chi connectivity index (χ0) is 15.0. The number of hydrogen-bond acceptors (Lipinski definition) is 3. The highest BCUT2D eigenvalue weighted by molar-refractivity contribution is 5.69. The van der Waals surface area contributed by atoms with Crippen LogP contribution in [0.15, 0.2) is 0 Å². The van der Waals surface area contributed by atoms with E-state index in [-0.39, 0.29) is 6.09 Å². The molecule has 1 N–H and O–H groups in total. The molecule has 4 nitrogen and oxygen atoms in total. The molecule has 0 atom stereocenters. The Hall–Kier alpha value is -0.770. The number of rotatable bonds is 9. The van der Waals surface area contributed by atoms with E-state index in [0.29, 0.717) is 6.04 Å². The van der Waals surface area contributed by atoms with Crippen LogP contribution in [0, 0.1) is 0 Å². The van der Waals surface area contributed by atoms with E-state index >= 15 is 0 Å². The van der Waals surface area contributed by atoms with Crippen LogP contribution in [0.3, 0.4) is 0 Å². The van der Waals surface area contributed by atoms with Gasteiger partial charge in [0.1, 0.15) is 5.60 Å². The fraction of sp³-hybridized carbons (Fsp3) is 0.938. The molecule has 0 heterocycles. The molecular weight excluding hydrogens is 252 g/mol. The molecule has 1 aliphatic rings. The van der Waals surface area contributed by atoms with E-state index in [2.05, 4.69) is 12.2 Å². The fourth-order valence-corrected chi connectivity index (χ4v) is 2.13. The lowest BCUT2D eigenvalue weighted by molar-refractivity contribution is 0.0232. The molecule has 20 heavy (non-hydrogen) atoms. The lowest BCUT2D eigenvalue weighted by atomic mass is 10.2. The molecule has 0 aromatic heterocycles. The molecule has 0 radical (unpaired) electrons. The van der Waals surface area contributed by atoms with E-state index in [1.165, 1.54) is 19.3 Å². The van der Waals surface area contributed by atoms with Crippen molar-refractivity contribution in [1.29, 1.82) is 0 Å². The molecule has 0 aromatic rings. The van der Waals surface area contributed by atoms with E-state index in [4.69, 9.17) is 4.74 Å². The van der Waals surface area contributed by atoms with E-state index in [0.717, 1.165) is 38.9 Å². The number of hydrogen-bond donors (Lipinski definition) is 1. The minimum atomic E-state index is -0.400. The maximum atomic E-state index is 12.1. The second-order valence-electron chi connectivity index (χ2n) is 6.72.